The van der Waals surface area contributed by atoms with Crippen LogP contribution >= 0.6 is 0 Å². The number of alkyl halides is 15. The van der Waals surface area contributed by atoms with E-state index in [1.54, 1.807) is 0 Å². The maximum absolute atomic E-state index is 14.9. The molecular formula is C13H3F15O2. The summed E-state index contributed by atoms with van der Waals surface area (Å²) < 4.78 is 217. The van der Waals surface area contributed by atoms with Gasteiger partial charge in [-0.15, -0.1) is 0 Å². The van der Waals surface area contributed by atoms with Crippen LogP contribution in [0, 0.1) is 0 Å². The van der Waals surface area contributed by atoms with Gasteiger partial charge in [-0.1, -0.05) is 6.58 Å². The van der Waals surface area contributed by atoms with Gasteiger partial charge in [0.05, 0.1) is 0 Å². The van der Waals surface area contributed by atoms with Gasteiger partial charge in [0.1, 0.15) is 0 Å². The highest BCUT2D eigenvalue weighted by Gasteiger charge is 3.24. The number of hydrogen-bond donors (Lipinski definition) is 0. The molecule has 0 atom stereocenters. The zero-order valence-corrected chi connectivity index (χ0v) is 13.3. The number of esters is 1. The second-order valence-corrected chi connectivity index (χ2v) is 6.73. The van der Waals surface area contributed by atoms with Gasteiger partial charge in [0, 0.05) is 6.08 Å². The monoisotopic (exact) mass is 476 g/mol. The number of halogens is 15. The molecule has 0 unspecified atom stereocenters. The number of carbonyl (C=O) groups is 1. The van der Waals surface area contributed by atoms with Gasteiger partial charge >= 0.3 is 64.1 Å². The summed E-state index contributed by atoms with van der Waals surface area (Å²) in [6.07, 6.45) is -0.545. The second-order valence-electron chi connectivity index (χ2n) is 6.73. The molecule has 4 bridgehead atoms. The van der Waals surface area contributed by atoms with Crippen LogP contribution in [0.5, 0.6) is 0 Å². The Hall–Kier alpha value is -1.84. The molecule has 4 fully saturated rings. The zero-order chi connectivity index (χ0) is 24.0. The molecule has 4 aliphatic carbocycles. The minimum atomic E-state index is -7.92. The largest absolute Gasteiger partial charge is 0.417 e. The summed E-state index contributed by atoms with van der Waals surface area (Å²) in [6.45, 7) is 2.31. The molecule has 17 heteroatoms. The lowest BCUT2D eigenvalue weighted by Crippen LogP contribution is -3.09. The number of hydrogen-bond acceptors (Lipinski definition) is 2. The molecule has 0 N–H and O–H groups in total. The van der Waals surface area contributed by atoms with E-state index in [2.05, 4.69) is 11.3 Å². The molecule has 0 aromatic rings. The minimum Gasteiger partial charge on any atom is -0.417 e. The summed E-state index contributed by atoms with van der Waals surface area (Å²) in [5.74, 6) is -49.6. The van der Waals surface area contributed by atoms with Gasteiger partial charge in [-0.2, -0.15) is 48.3 Å². The highest BCUT2D eigenvalue weighted by molar-refractivity contribution is 5.82. The van der Waals surface area contributed by atoms with Crippen molar-refractivity contribution in [2.45, 2.75) is 58.1 Å². The van der Waals surface area contributed by atoms with Crippen molar-refractivity contribution in [3.8, 4) is 0 Å². The standard InChI is InChI=1S/C13H3F15O2/c1-2-3(29)30-13(28)6(16)9(20,21)4(14)8(18,19)5(15,11(6,24)25)12(26,27)7(13,17)10(4,22)23/h2H,1H2. The molecule has 172 valence electrons. The van der Waals surface area contributed by atoms with Crippen LogP contribution in [0.2, 0.25) is 0 Å². The first-order chi connectivity index (χ1) is 13.0. The Labute approximate surface area is 153 Å². The van der Waals surface area contributed by atoms with Crippen molar-refractivity contribution >= 4 is 5.97 Å². The molecule has 0 aromatic carbocycles. The highest BCUT2D eigenvalue weighted by atomic mass is 19.3. The molecule has 0 aliphatic heterocycles. The quantitative estimate of drug-likeness (QED) is 0.335. The average molecular weight is 476 g/mol. The topological polar surface area (TPSA) is 26.3 Å². The summed E-state index contributed by atoms with van der Waals surface area (Å²) in [4.78, 5) is 11.0. The Balaban J connectivity index is 2.68. The Bertz CT molecular complexity index is 775. The highest BCUT2D eigenvalue weighted by Crippen LogP contribution is 2.88. The van der Waals surface area contributed by atoms with E-state index >= 15 is 0 Å². The van der Waals surface area contributed by atoms with Gasteiger partial charge in [0.15, 0.2) is 0 Å². The van der Waals surface area contributed by atoms with E-state index in [1.807, 2.05) is 0 Å². The molecule has 0 amide bonds. The van der Waals surface area contributed by atoms with E-state index in [-0.39, 0.29) is 0 Å². The molecule has 4 saturated carbocycles. The third-order valence-corrected chi connectivity index (χ3v) is 5.62. The van der Waals surface area contributed by atoms with Gasteiger partial charge in [-0.25, -0.2) is 22.4 Å². The molecule has 0 heterocycles. The predicted molar refractivity (Wildman–Crippen MR) is 60.2 cm³/mol. The van der Waals surface area contributed by atoms with E-state index in [0.717, 1.165) is 0 Å². The summed E-state index contributed by atoms with van der Waals surface area (Å²) in [6, 6.07) is 0. The lowest BCUT2D eigenvalue weighted by Gasteiger charge is -2.73. The van der Waals surface area contributed by atoms with E-state index in [1.165, 1.54) is 0 Å². The first kappa shape index (κ1) is 22.8. The van der Waals surface area contributed by atoms with Crippen LogP contribution in [-0.2, 0) is 9.53 Å². The molecule has 4 rings (SSSR count). The number of ether oxygens (including phenoxy) is 1. The SMILES string of the molecule is C=CC(=O)OC1(F)C2(F)C(F)(F)C3(F)C(F)(F)C(F)(C2(F)F)C(F)(F)C1(F)C3(F)F. The van der Waals surface area contributed by atoms with Gasteiger partial charge < -0.3 is 4.74 Å². The Morgan fingerprint density at radius 1 is 0.533 bits per heavy atom. The summed E-state index contributed by atoms with van der Waals surface area (Å²) >= 11 is 0. The predicted octanol–water partition coefficient (Wildman–Crippen LogP) is 4.43. The maximum atomic E-state index is 14.9. The van der Waals surface area contributed by atoms with Crippen molar-refractivity contribution in [2.75, 3.05) is 0 Å². The molecule has 0 saturated heterocycles. The molecule has 4 aliphatic rings. The van der Waals surface area contributed by atoms with E-state index < -0.39 is 70.2 Å². The van der Waals surface area contributed by atoms with Crippen LogP contribution in [0.3, 0.4) is 0 Å². The fraction of sp³-hybridized carbons (Fsp3) is 0.769. The van der Waals surface area contributed by atoms with E-state index in [9.17, 15) is 70.7 Å². The van der Waals surface area contributed by atoms with E-state index in [0.29, 0.717) is 0 Å². The molecule has 30 heavy (non-hydrogen) atoms. The van der Waals surface area contributed by atoms with Crippen molar-refractivity contribution in [3.63, 3.8) is 0 Å². The van der Waals surface area contributed by atoms with Gasteiger partial charge in [0.25, 0.3) is 0 Å². The van der Waals surface area contributed by atoms with Crippen molar-refractivity contribution in [1.82, 2.24) is 0 Å². The van der Waals surface area contributed by atoms with Gasteiger partial charge in [-0.3, -0.25) is 0 Å². The molecule has 0 radical (unpaired) electrons. The molecule has 0 spiro atoms. The van der Waals surface area contributed by atoms with Gasteiger partial charge in [0.2, 0.25) is 0 Å². The molecule has 0 aromatic heterocycles. The fourth-order valence-corrected chi connectivity index (χ4v) is 4.13. The lowest BCUT2D eigenvalue weighted by atomic mass is 9.40. The van der Waals surface area contributed by atoms with Crippen molar-refractivity contribution < 1.29 is 75.4 Å². The van der Waals surface area contributed by atoms with Gasteiger partial charge in [-0.05, 0) is 0 Å². The first-order valence-electron chi connectivity index (χ1n) is 7.14. The third-order valence-electron chi connectivity index (χ3n) is 5.62. The summed E-state index contributed by atoms with van der Waals surface area (Å²) in [7, 11) is 0. The number of carbonyl (C=O) groups excluding carboxylic acids is 1. The Morgan fingerprint density at radius 2 is 0.767 bits per heavy atom. The van der Waals surface area contributed by atoms with Crippen LogP contribution in [-0.4, -0.2) is 64.1 Å². The summed E-state index contributed by atoms with van der Waals surface area (Å²) in [5, 5.41) is 0. The number of rotatable bonds is 2. The normalized spacial score (nSPS) is 50.8. The molecular weight excluding hydrogens is 473 g/mol. The van der Waals surface area contributed by atoms with Crippen LogP contribution < -0.4 is 0 Å². The Morgan fingerprint density at radius 3 is 1.00 bits per heavy atom. The van der Waals surface area contributed by atoms with Crippen LogP contribution in [0.15, 0.2) is 12.7 Å². The average Bonchev–Trinajstić information content (AvgIpc) is 2.60. The van der Waals surface area contributed by atoms with Crippen molar-refractivity contribution in [1.29, 1.82) is 0 Å². The second kappa shape index (κ2) is 4.66. The third kappa shape index (κ3) is 1.29. The smallest absolute Gasteiger partial charge is 0.343 e. The minimum absolute atomic E-state index is 0.545. The van der Waals surface area contributed by atoms with Crippen molar-refractivity contribution in [3.05, 3.63) is 12.7 Å². The maximum Gasteiger partial charge on any atom is 0.343 e. The zero-order valence-electron chi connectivity index (χ0n) is 13.3. The fourth-order valence-electron chi connectivity index (χ4n) is 4.13. The van der Waals surface area contributed by atoms with Crippen LogP contribution in [0.25, 0.3) is 0 Å². The van der Waals surface area contributed by atoms with Crippen molar-refractivity contribution in [2.24, 2.45) is 0 Å². The van der Waals surface area contributed by atoms with E-state index in [4.69, 9.17) is 0 Å². The first-order valence-corrected chi connectivity index (χ1v) is 7.14. The summed E-state index contributed by atoms with van der Waals surface area (Å²) in [5.41, 5.74) is -30.9. The molecule has 2 nitrogen and oxygen atoms in total. The lowest BCUT2D eigenvalue weighted by molar-refractivity contribution is -0.613. The van der Waals surface area contributed by atoms with Crippen LogP contribution in [0.1, 0.15) is 0 Å². The van der Waals surface area contributed by atoms with Crippen LogP contribution in [0.4, 0.5) is 65.9 Å². The Kier molecular flexibility index (Phi) is 3.55.